The standard InChI is InChI=1S/C19H18N4O4S/c1-25-15-6-4-14(5-7-15)23-19(20-21-22-23)28-12-16(24)13-3-8-17-18(11-13)27-10-2-9-26-17/h3-8,11H,2,9-10,12H2,1H3. The van der Waals surface area contributed by atoms with Gasteiger partial charge in [0.15, 0.2) is 17.3 Å². The summed E-state index contributed by atoms with van der Waals surface area (Å²) in [5, 5.41) is 12.3. The lowest BCUT2D eigenvalue weighted by Crippen LogP contribution is -2.05. The highest BCUT2D eigenvalue weighted by molar-refractivity contribution is 7.99. The number of methoxy groups -OCH3 is 1. The van der Waals surface area contributed by atoms with Gasteiger partial charge in [0, 0.05) is 12.0 Å². The molecule has 0 atom stereocenters. The molecule has 3 aromatic rings. The van der Waals surface area contributed by atoms with Crippen molar-refractivity contribution in [3.63, 3.8) is 0 Å². The number of rotatable bonds is 6. The molecule has 1 aromatic heterocycles. The van der Waals surface area contributed by atoms with Crippen molar-refractivity contribution in [2.45, 2.75) is 11.6 Å². The third-order valence-corrected chi connectivity index (χ3v) is 5.08. The van der Waals surface area contributed by atoms with E-state index in [4.69, 9.17) is 14.2 Å². The van der Waals surface area contributed by atoms with E-state index in [1.807, 2.05) is 24.3 Å². The fourth-order valence-electron chi connectivity index (χ4n) is 2.70. The number of hydrogen-bond donors (Lipinski definition) is 0. The highest BCUT2D eigenvalue weighted by Gasteiger charge is 2.16. The van der Waals surface area contributed by atoms with Gasteiger partial charge in [0.05, 0.1) is 31.8 Å². The minimum Gasteiger partial charge on any atom is -0.497 e. The number of nitrogens with zero attached hydrogens (tertiary/aromatic N) is 4. The van der Waals surface area contributed by atoms with E-state index in [1.54, 1.807) is 30.0 Å². The van der Waals surface area contributed by atoms with Gasteiger partial charge >= 0.3 is 0 Å². The zero-order valence-electron chi connectivity index (χ0n) is 15.2. The van der Waals surface area contributed by atoms with Crippen molar-refractivity contribution in [1.29, 1.82) is 0 Å². The van der Waals surface area contributed by atoms with Gasteiger partial charge in [-0.3, -0.25) is 4.79 Å². The maximum Gasteiger partial charge on any atom is 0.214 e. The van der Waals surface area contributed by atoms with Gasteiger partial charge in [-0.05, 0) is 52.9 Å². The second kappa shape index (κ2) is 8.30. The number of thioether (sulfide) groups is 1. The predicted molar refractivity (Wildman–Crippen MR) is 103 cm³/mol. The number of ketones is 1. The van der Waals surface area contributed by atoms with Gasteiger partial charge in [-0.1, -0.05) is 11.8 Å². The van der Waals surface area contributed by atoms with E-state index in [2.05, 4.69) is 15.5 Å². The van der Waals surface area contributed by atoms with Crippen molar-refractivity contribution in [2.75, 3.05) is 26.1 Å². The van der Waals surface area contributed by atoms with Gasteiger partial charge in [0.25, 0.3) is 0 Å². The molecule has 4 rings (SSSR count). The van der Waals surface area contributed by atoms with Crippen molar-refractivity contribution in [3.05, 3.63) is 48.0 Å². The average molecular weight is 398 g/mol. The van der Waals surface area contributed by atoms with Crippen molar-refractivity contribution >= 4 is 17.5 Å². The zero-order valence-corrected chi connectivity index (χ0v) is 16.0. The molecule has 0 saturated carbocycles. The Balaban J connectivity index is 1.46. The molecule has 28 heavy (non-hydrogen) atoms. The van der Waals surface area contributed by atoms with Gasteiger partial charge in [0.1, 0.15) is 5.75 Å². The van der Waals surface area contributed by atoms with Crippen LogP contribution >= 0.6 is 11.8 Å². The third-order valence-electron chi connectivity index (χ3n) is 4.16. The highest BCUT2D eigenvalue weighted by Crippen LogP contribution is 2.31. The highest BCUT2D eigenvalue weighted by atomic mass is 32.2. The third kappa shape index (κ3) is 3.94. The normalized spacial score (nSPS) is 13.0. The first-order valence-corrected chi connectivity index (χ1v) is 9.71. The number of benzene rings is 2. The average Bonchev–Trinajstić information content (AvgIpc) is 3.08. The van der Waals surface area contributed by atoms with Gasteiger partial charge < -0.3 is 14.2 Å². The number of tetrazole rings is 1. The summed E-state index contributed by atoms with van der Waals surface area (Å²) in [6.07, 6.45) is 0.821. The molecule has 1 aliphatic heterocycles. The first kappa shape index (κ1) is 18.3. The molecule has 1 aliphatic rings. The molecule has 0 fully saturated rings. The van der Waals surface area contributed by atoms with E-state index < -0.39 is 0 Å². The van der Waals surface area contributed by atoms with Gasteiger partial charge in [-0.2, -0.15) is 4.68 Å². The Kier molecular flexibility index (Phi) is 5.43. The molecule has 2 aromatic carbocycles. The first-order valence-electron chi connectivity index (χ1n) is 8.73. The molecule has 0 N–H and O–H groups in total. The van der Waals surface area contributed by atoms with E-state index >= 15 is 0 Å². The first-order chi connectivity index (χ1) is 13.7. The summed E-state index contributed by atoms with van der Waals surface area (Å²) in [7, 11) is 1.61. The lowest BCUT2D eigenvalue weighted by Gasteiger charge is -2.09. The van der Waals surface area contributed by atoms with Crippen molar-refractivity contribution in [1.82, 2.24) is 20.2 Å². The number of hydrogen-bond acceptors (Lipinski definition) is 8. The summed E-state index contributed by atoms with van der Waals surface area (Å²) in [4.78, 5) is 12.6. The molecular weight excluding hydrogens is 380 g/mol. The maximum absolute atomic E-state index is 12.6. The Morgan fingerprint density at radius 3 is 2.71 bits per heavy atom. The molecule has 9 heteroatoms. The van der Waals surface area contributed by atoms with E-state index in [0.717, 1.165) is 17.9 Å². The second-order valence-electron chi connectivity index (χ2n) is 6.00. The van der Waals surface area contributed by atoms with Gasteiger partial charge in [-0.15, -0.1) is 5.10 Å². The number of ether oxygens (including phenoxy) is 3. The van der Waals surface area contributed by atoms with Crippen LogP contribution in [0.15, 0.2) is 47.6 Å². The van der Waals surface area contributed by atoms with Gasteiger partial charge in [-0.25, -0.2) is 0 Å². The Morgan fingerprint density at radius 2 is 1.93 bits per heavy atom. The molecule has 2 heterocycles. The van der Waals surface area contributed by atoms with Crippen LogP contribution in [0.2, 0.25) is 0 Å². The molecule has 8 nitrogen and oxygen atoms in total. The lowest BCUT2D eigenvalue weighted by molar-refractivity contribution is 0.102. The zero-order chi connectivity index (χ0) is 19.3. The van der Waals surface area contributed by atoms with Crippen LogP contribution in [-0.4, -0.2) is 52.1 Å². The molecule has 144 valence electrons. The molecule has 0 bridgehead atoms. The Bertz CT molecular complexity index is 974. The van der Waals surface area contributed by atoms with E-state index in [-0.39, 0.29) is 11.5 Å². The summed E-state index contributed by atoms with van der Waals surface area (Å²) in [5.74, 6) is 2.19. The number of carbonyl (C=O) groups excluding carboxylic acids is 1. The van der Waals surface area contributed by atoms with Crippen molar-refractivity contribution in [2.24, 2.45) is 0 Å². The van der Waals surface area contributed by atoms with Crippen LogP contribution in [0.1, 0.15) is 16.8 Å². The molecule has 0 amide bonds. The van der Waals surface area contributed by atoms with E-state index in [0.29, 0.717) is 35.4 Å². The quantitative estimate of drug-likeness (QED) is 0.463. The summed E-state index contributed by atoms with van der Waals surface area (Å²) in [6, 6.07) is 12.6. The minimum atomic E-state index is -0.0371. The van der Waals surface area contributed by atoms with Crippen LogP contribution in [0.4, 0.5) is 0 Å². The topological polar surface area (TPSA) is 88.4 Å². The number of aromatic nitrogens is 4. The fourth-order valence-corrected chi connectivity index (χ4v) is 3.49. The Hall–Kier alpha value is -3.07. The minimum absolute atomic E-state index is 0.0371. The van der Waals surface area contributed by atoms with E-state index in [9.17, 15) is 4.79 Å². The van der Waals surface area contributed by atoms with Crippen LogP contribution < -0.4 is 14.2 Å². The molecule has 0 unspecified atom stereocenters. The maximum atomic E-state index is 12.6. The van der Waals surface area contributed by atoms with Crippen LogP contribution in [0.3, 0.4) is 0 Å². The van der Waals surface area contributed by atoms with Crippen LogP contribution in [0, 0.1) is 0 Å². The molecule has 0 spiro atoms. The van der Waals surface area contributed by atoms with Crippen LogP contribution in [-0.2, 0) is 0 Å². The lowest BCUT2D eigenvalue weighted by atomic mass is 10.1. The molecular formula is C19H18N4O4S. The summed E-state index contributed by atoms with van der Waals surface area (Å²) < 4.78 is 18.0. The largest absolute Gasteiger partial charge is 0.497 e. The van der Waals surface area contributed by atoms with Crippen LogP contribution in [0.5, 0.6) is 17.2 Å². The summed E-state index contributed by atoms with van der Waals surface area (Å²) in [5.41, 5.74) is 1.36. The fraction of sp³-hybridized carbons (Fsp3) is 0.263. The summed E-state index contributed by atoms with van der Waals surface area (Å²) in [6.45, 7) is 1.19. The number of Topliss-reactive ketones (excluding diaryl/α,β-unsaturated/α-hetero) is 1. The SMILES string of the molecule is COc1ccc(-n2nnnc2SCC(=O)c2ccc3c(c2)OCCCO3)cc1. The molecule has 0 aliphatic carbocycles. The smallest absolute Gasteiger partial charge is 0.214 e. The van der Waals surface area contributed by atoms with E-state index in [1.165, 1.54) is 11.8 Å². The monoisotopic (exact) mass is 398 g/mol. The number of carbonyl (C=O) groups is 1. The summed E-state index contributed by atoms with van der Waals surface area (Å²) >= 11 is 1.28. The predicted octanol–water partition coefficient (Wildman–Crippen LogP) is 2.81. The van der Waals surface area contributed by atoms with Crippen LogP contribution in [0.25, 0.3) is 5.69 Å². The van der Waals surface area contributed by atoms with Crippen molar-refractivity contribution in [3.8, 4) is 22.9 Å². The van der Waals surface area contributed by atoms with Gasteiger partial charge in [0.2, 0.25) is 5.16 Å². The van der Waals surface area contributed by atoms with Crippen molar-refractivity contribution < 1.29 is 19.0 Å². The molecule has 0 radical (unpaired) electrons. The Morgan fingerprint density at radius 1 is 1.14 bits per heavy atom. The number of fused-ring (bicyclic) bond motifs is 1. The second-order valence-corrected chi connectivity index (χ2v) is 6.94. The Labute approximate surface area is 165 Å². The molecule has 0 saturated heterocycles.